The van der Waals surface area contributed by atoms with Gasteiger partial charge in [0.2, 0.25) is 5.91 Å². The van der Waals surface area contributed by atoms with E-state index in [4.69, 9.17) is 4.74 Å². The Bertz CT molecular complexity index is 1170. The van der Waals surface area contributed by atoms with Crippen molar-refractivity contribution in [3.8, 4) is 5.75 Å². The number of hydrogen-bond donors (Lipinski definition) is 2. The predicted molar refractivity (Wildman–Crippen MR) is 142 cm³/mol. The Balaban J connectivity index is 1.55. The van der Waals surface area contributed by atoms with E-state index in [-0.39, 0.29) is 24.2 Å². The van der Waals surface area contributed by atoms with Crippen molar-refractivity contribution in [2.24, 2.45) is 0 Å². The number of amides is 2. The molecule has 2 N–H and O–H groups in total. The Morgan fingerprint density at radius 2 is 1.73 bits per heavy atom. The molecule has 0 aliphatic carbocycles. The maximum Gasteiger partial charge on any atom is 0.251 e. The van der Waals surface area contributed by atoms with Crippen LogP contribution in [-0.4, -0.2) is 43.0 Å². The first kappa shape index (κ1) is 26.4. The molecular weight excluding hydrogens is 469 g/mol. The number of nitrogens with zero attached hydrogens (tertiary/aromatic N) is 1. The van der Waals surface area contributed by atoms with Gasteiger partial charge < -0.3 is 15.4 Å². The molecule has 4 rings (SSSR count). The van der Waals surface area contributed by atoms with E-state index in [0.29, 0.717) is 50.5 Å². The molecule has 3 aromatic rings. The summed E-state index contributed by atoms with van der Waals surface area (Å²) < 4.78 is 19.3. The maximum atomic E-state index is 13.3. The summed E-state index contributed by atoms with van der Waals surface area (Å²) in [4.78, 5) is 28.1. The van der Waals surface area contributed by atoms with Crippen LogP contribution in [-0.2, 0) is 24.3 Å². The first-order valence-corrected chi connectivity index (χ1v) is 12.9. The van der Waals surface area contributed by atoms with Crippen LogP contribution in [0.3, 0.4) is 0 Å². The molecule has 0 fully saturated rings. The highest BCUT2D eigenvalue weighted by atomic mass is 19.1. The van der Waals surface area contributed by atoms with Gasteiger partial charge in [-0.3, -0.25) is 14.5 Å². The van der Waals surface area contributed by atoms with E-state index < -0.39 is 0 Å². The minimum absolute atomic E-state index is 0.0288. The molecule has 0 saturated carbocycles. The lowest BCUT2D eigenvalue weighted by atomic mass is 10.0. The van der Waals surface area contributed by atoms with Crippen LogP contribution in [0.2, 0.25) is 0 Å². The first-order chi connectivity index (χ1) is 18.1. The second kappa shape index (κ2) is 13.6. The van der Waals surface area contributed by atoms with E-state index in [1.54, 1.807) is 18.2 Å². The van der Waals surface area contributed by atoms with E-state index in [0.717, 1.165) is 36.0 Å². The maximum absolute atomic E-state index is 13.3. The molecule has 1 aliphatic rings. The van der Waals surface area contributed by atoms with Crippen molar-refractivity contribution < 1.29 is 18.7 Å². The summed E-state index contributed by atoms with van der Waals surface area (Å²) in [7, 11) is 0. The average Bonchev–Trinajstić information content (AvgIpc) is 2.91. The lowest BCUT2D eigenvalue weighted by Crippen LogP contribution is -2.37. The average molecular weight is 504 g/mol. The molecule has 7 heteroatoms. The zero-order valence-corrected chi connectivity index (χ0v) is 21.0. The molecule has 3 aromatic carbocycles. The van der Waals surface area contributed by atoms with Crippen LogP contribution in [0.5, 0.6) is 5.75 Å². The van der Waals surface area contributed by atoms with Crippen molar-refractivity contribution in [1.29, 1.82) is 0 Å². The predicted octanol–water partition coefficient (Wildman–Crippen LogP) is 4.48. The van der Waals surface area contributed by atoms with Crippen LogP contribution >= 0.6 is 0 Å². The lowest BCUT2D eigenvalue weighted by molar-refractivity contribution is -0.122. The Hall–Kier alpha value is -3.71. The standard InChI is InChI=1S/C30H34FN3O3/c31-25-14-12-23(13-15-25)16-18-33-30(36)26-10-7-11-28-27(26)21-34(20-24-8-3-1-4-9-24)22-29(35)32-17-5-2-6-19-37-28/h1,3-4,7-15H,2,5-6,16-22H2,(H,32,35)(H,33,36). The minimum atomic E-state index is -0.279. The molecule has 0 radical (unpaired) electrons. The molecule has 194 valence electrons. The van der Waals surface area contributed by atoms with Crippen molar-refractivity contribution in [2.75, 3.05) is 26.2 Å². The lowest BCUT2D eigenvalue weighted by Gasteiger charge is -2.24. The second-order valence-corrected chi connectivity index (χ2v) is 9.30. The molecule has 1 heterocycles. The third-order valence-corrected chi connectivity index (χ3v) is 6.39. The van der Waals surface area contributed by atoms with Gasteiger partial charge in [0.15, 0.2) is 0 Å². The highest BCUT2D eigenvalue weighted by Gasteiger charge is 2.21. The number of halogens is 1. The molecular formula is C30H34FN3O3. The van der Waals surface area contributed by atoms with Gasteiger partial charge in [0.25, 0.3) is 5.91 Å². The van der Waals surface area contributed by atoms with E-state index in [1.807, 2.05) is 47.4 Å². The smallest absolute Gasteiger partial charge is 0.251 e. The monoisotopic (exact) mass is 503 g/mol. The molecule has 37 heavy (non-hydrogen) atoms. The molecule has 1 aliphatic heterocycles. The van der Waals surface area contributed by atoms with Crippen molar-refractivity contribution in [3.63, 3.8) is 0 Å². The van der Waals surface area contributed by atoms with Gasteiger partial charge in [-0.05, 0) is 61.1 Å². The van der Waals surface area contributed by atoms with E-state index in [1.165, 1.54) is 12.1 Å². The van der Waals surface area contributed by atoms with E-state index in [2.05, 4.69) is 10.6 Å². The van der Waals surface area contributed by atoms with Crippen LogP contribution < -0.4 is 15.4 Å². The quantitative estimate of drug-likeness (QED) is 0.521. The van der Waals surface area contributed by atoms with Gasteiger partial charge in [-0.1, -0.05) is 48.5 Å². The number of carbonyl (C=O) groups is 2. The largest absolute Gasteiger partial charge is 0.493 e. The third kappa shape index (κ3) is 8.15. The summed E-state index contributed by atoms with van der Waals surface area (Å²) in [5.41, 5.74) is 3.34. The van der Waals surface area contributed by atoms with Gasteiger partial charge in [0.1, 0.15) is 11.6 Å². The number of carbonyl (C=O) groups excluding carboxylic acids is 2. The SMILES string of the molecule is O=C1CN(Cc2ccccc2)Cc2c(cccc2C(=O)NCCc2ccc(F)cc2)OCCCCCN1. The number of rotatable bonds is 6. The van der Waals surface area contributed by atoms with Gasteiger partial charge in [-0.2, -0.15) is 0 Å². The highest BCUT2D eigenvalue weighted by Crippen LogP contribution is 2.26. The molecule has 2 amide bonds. The molecule has 0 aromatic heterocycles. The summed E-state index contributed by atoms with van der Waals surface area (Å²) in [6, 6.07) is 21.8. The van der Waals surface area contributed by atoms with Crippen LogP contribution in [0.4, 0.5) is 4.39 Å². The normalized spacial score (nSPS) is 15.2. The Kier molecular flexibility index (Phi) is 9.66. The third-order valence-electron chi connectivity index (χ3n) is 6.39. The number of benzene rings is 3. The van der Waals surface area contributed by atoms with Gasteiger partial charge >= 0.3 is 0 Å². The van der Waals surface area contributed by atoms with Crippen molar-refractivity contribution in [3.05, 3.63) is 101 Å². The number of nitrogens with one attached hydrogen (secondary N) is 2. The summed E-state index contributed by atoms with van der Waals surface area (Å²) in [5.74, 6) is 0.164. The fourth-order valence-corrected chi connectivity index (χ4v) is 4.45. The topological polar surface area (TPSA) is 70.7 Å². The Morgan fingerprint density at radius 3 is 2.54 bits per heavy atom. The second-order valence-electron chi connectivity index (χ2n) is 9.30. The van der Waals surface area contributed by atoms with Crippen molar-refractivity contribution >= 4 is 11.8 Å². The summed E-state index contributed by atoms with van der Waals surface area (Å²) >= 11 is 0. The van der Waals surface area contributed by atoms with Gasteiger partial charge in [-0.25, -0.2) is 4.39 Å². The van der Waals surface area contributed by atoms with Crippen LogP contribution in [0.15, 0.2) is 72.8 Å². The molecule has 0 saturated heterocycles. The number of hydrogen-bond acceptors (Lipinski definition) is 4. The van der Waals surface area contributed by atoms with Crippen LogP contribution in [0.25, 0.3) is 0 Å². The van der Waals surface area contributed by atoms with Crippen molar-refractivity contribution in [1.82, 2.24) is 15.5 Å². The van der Waals surface area contributed by atoms with E-state index >= 15 is 0 Å². The minimum Gasteiger partial charge on any atom is -0.493 e. The number of ether oxygens (including phenoxy) is 1. The number of fused-ring (bicyclic) bond motifs is 1. The fraction of sp³-hybridized carbons (Fsp3) is 0.333. The molecule has 0 unspecified atom stereocenters. The highest BCUT2D eigenvalue weighted by molar-refractivity contribution is 5.96. The van der Waals surface area contributed by atoms with Gasteiger partial charge in [0.05, 0.1) is 13.2 Å². The van der Waals surface area contributed by atoms with Crippen molar-refractivity contribution in [2.45, 2.75) is 38.8 Å². The molecule has 0 spiro atoms. The van der Waals surface area contributed by atoms with Crippen LogP contribution in [0.1, 0.15) is 46.3 Å². The van der Waals surface area contributed by atoms with E-state index in [9.17, 15) is 14.0 Å². The first-order valence-electron chi connectivity index (χ1n) is 12.9. The molecule has 0 bridgehead atoms. The summed E-state index contributed by atoms with van der Waals surface area (Å²) in [6.07, 6.45) is 3.32. The van der Waals surface area contributed by atoms with Gasteiger partial charge in [-0.15, -0.1) is 0 Å². The van der Waals surface area contributed by atoms with Crippen LogP contribution in [0, 0.1) is 5.82 Å². The zero-order valence-electron chi connectivity index (χ0n) is 21.0. The summed E-state index contributed by atoms with van der Waals surface area (Å²) in [5, 5.41) is 6.02. The molecule has 0 atom stereocenters. The Labute approximate surface area is 217 Å². The molecule has 6 nitrogen and oxygen atoms in total. The fourth-order valence-electron chi connectivity index (χ4n) is 4.45. The van der Waals surface area contributed by atoms with Gasteiger partial charge in [0, 0.05) is 37.3 Å². The zero-order chi connectivity index (χ0) is 25.9. The Morgan fingerprint density at radius 1 is 0.919 bits per heavy atom. The summed E-state index contributed by atoms with van der Waals surface area (Å²) in [6.45, 7) is 2.79.